The third kappa shape index (κ3) is 3.59. The van der Waals surface area contributed by atoms with Gasteiger partial charge in [-0.15, -0.1) is 11.3 Å². The molecule has 9 heteroatoms. The fourth-order valence-corrected chi connectivity index (χ4v) is 3.86. The lowest BCUT2D eigenvalue weighted by Crippen LogP contribution is -2.50. The number of nitrogens with two attached hydrogens (primary N) is 1. The highest BCUT2D eigenvalue weighted by atomic mass is 32.1. The minimum absolute atomic E-state index is 0.109. The minimum Gasteiger partial charge on any atom is -0.497 e. The Labute approximate surface area is 160 Å². The summed E-state index contributed by atoms with van der Waals surface area (Å²) in [6, 6.07) is 9.19. The number of amides is 2. The van der Waals surface area contributed by atoms with Gasteiger partial charge in [0, 0.05) is 31.9 Å². The van der Waals surface area contributed by atoms with Gasteiger partial charge in [-0.2, -0.15) is 4.98 Å². The number of rotatable bonds is 3. The van der Waals surface area contributed by atoms with Crippen molar-refractivity contribution in [2.45, 2.75) is 0 Å². The number of fused-ring (bicyclic) bond motifs is 1. The Balaban J connectivity index is 1.40. The predicted octanol–water partition coefficient (Wildman–Crippen LogP) is 2.64. The van der Waals surface area contributed by atoms with Crippen LogP contribution < -0.4 is 20.7 Å². The van der Waals surface area contributed by atoms with Crippen molar-refractivity contribution in [2.75, 3.05) is 49.2 Å². The molecule has 0 unspecified atom stereocenters. The number of aromatic nitrogens is 2. The van der Waals surface area contributed by atoms with Gasteiger partial charge in [0.2, 0.25) is 5.95 Å². The number of hydrogen-bond donors (Lipinski definition) is 2. The molecule has 0 bridgehead atoms. The van der Waals surface area contributed by atoms with E-state index < -0.39 is 0 Å². The molecule has 0 radical (unpaired) electrons. The lowest BCUT2D eigenvalue weighted by Gasteiger charge is -2.35. The molecule has 0 aliphatic carbocycles. The van der Waals surface area contributed by atoms with Crippen LogP contribution in [-0.2, 0) is 0 Å². The Morgan fingerprint density at radius 2 is 1.89 bits per heavy atom. The number of nitrogen functional groups attached to an aromatic ring is 1. The van der Waals surface area contributed by atoms with Crippen molar-refractivity contribution in [2.24, 2.45) is 0 Å². The number of benzene rings is 1. The highest BCUT2D eigenvalue weighted by Gasteiger charge is 2.24. The van der Waals surface area contributed by atoms with Gasteiger partial charge >= 0.3 is 6.03 Å². The van der Waals surface area contributed by atoms with E-state index in [9.17, 15) is 4.79 Å². The summed E-state index contributed by atoms with van der Waals surface area (Å²) in [6.07, 6.45) is 0. The van der Waals surface area contributed by atoms with Crippen LogP contribution in [0.25, 0.3) is 10.2 Å². The van der Waals surface area contributed by atoms with Gasteiger partial charge in [-0.1, -0.05) is 0 Å². The highest BCUT2D eigenvalue weighted by Crippen LogP contribution is 2.29. The molecule has 3 N–H and O–H groups in total. The Morgan fingerprint density at radius 1 is 1.15 bits per heavy atom. The van der Waals surface area contributed by atoms with E-state index in [1.807, 2.05) is 35.7 Å². The average Bonchev–Trinajstić information content (AvgIpc) is 3.16. The SMILES string of the molecule is COc1ccc(NC(=O)N2CCN(c3nc(N)nc4sccc34)CC2)cc1. The van der Waals surface area contributed by atoms with Crippen LogP contribution in [0.15, 0.2) is 35.7 Å². The molecule has 2 amide bonds. The zero-order valence-corrected chi connectivity index (χ0v) is 15.7. The molecule has 0 spiro atoms. The third-order valence-electron chi connectivity index (χ3n) is 4.53. The maximum atomic E-state index is 12.5. The number of thiophene rings is 1. The van der Waals surface area contributed by atoms with Crippen molar-refractivity contribution in [1.82, 2.24) is 14.9 Å². The van der Waals surface area contributed by atoms with Crippen molar-refractivity contribution in [3.63, 3.8) is 0 Å². The number of carbonyl (C=O) groups is 1. The smallest absolute Gasteiger partial charge is 0.321 e. The number of piperazine rings is 1. The van der Waals surface area contributed by atoms with Crippen molar-refractivity contribution in [1.29, 1.82) is 0 Å². The summed E-state index contributed by atoms with van der Waals surface area (Å²) in [5, 5.41) is 5.91. The summed E-state index contributed by atoms with van der Waals surface area (Å²) in [4.78, 5) is 26.0. The number of hydrogen-bond acceptors (Lipinski definition) is 7. The number of urea groups is 1. The van der Waals surface area contributed by atoms with Gasteiger partial charge in [-0.25, -0.2) is 9.78 Å². The van der Waals surface area contributed by atoms with Gasteiger partial charge in [0.1, 0.15) is 16.4 Å². The fraction of sp³-hybridized carbons (Fsp3) is 0.278. The van der Waals surface area contributed by atoms with E-state index in [1.165, 1.54) is 0 Å². The molecule has 2 aromatic heterocycles. The maximum absolute atomic E-state index is 12.5. The Hall–Kier alpha value is -3.07. The molecule has 1 fully saturated rings. The molecule has 0 saturated carbocycles. The predicted molar refractivity (Wildman–Crippen MR) is 108 cm³/mol. The number of nitrogens with one attached hydrogen (secondary N) is 1. The number of nitrogens with zero attached hydrogens (tertiary/aromatic N) is 4. The second-order valence-electron chi connectivity index (χ2n) is 6.18. The van der Waals surface area contributed by atoms with E-state index in [0.717, 1.165) is 27.5 Å². The van der Waals surface area contributed by atoms with E-state index >= 15 is 0 Å². The van der Waals surface area contributed by atoms with Crippen LogP contribution in [0, 0.1) is 0 Å². The van der Waals surface area contributed by atoms with Crippen molar-refractivity contribution in [3.8, 4) is 5.75 Å². The van der Waals surface area contributed by atoms with Crippen LogP contribution in [0.2, 0.25) is 0 Å². The van der Waals surface area contributed by atoms with E-state index in [2.05, 4.69) is 20.2 Å². The first kappa shape index (κ1) is 17.3. The van der Waals surface area contributed by atoms with Crippen LogP contribution in [0.4, 0.5) is 22.2 Å². The standard InChI is InChI=1S/C18H20N6O2S/c1-26-13-4-2-12(3-5-13)20-18(25)24-9-7-23(8-10-24)15-14-6-11-27-16(14)22-17(19)21-15/h2-6,11H,7-10H2,1H3,(H,20,25)(H2,19,21,22). The minimum atomic E-state index is -0.109. The molecule has 140 valence electrons. The van der Waals surface area contributed by atoms with Gasteiger partial charge in [0.25, 0.3) is 0 Å². The first-order valence-electron chi connectivity index (χ1n) is 8.59. The Bertz CT molecular complexity index is 950. The van der Waals surface area contributed by atoms with Crippen molar-refractivity contribution in [3.05, 3.63) is 35.7 Å². The maximum Gasteiger partial charge on any atom is 0.321 e. The molecule has 0 atom stereocenters. The summed E-state index contributed by atoms with van der Waals surface area (Å²) < 4.78 is 5.13. The first-order chi connectivity index (χ1) is 13.1. The van der Waals surface area contributed by atoms with Gasteiger partial charge in [0.15, 0.2) is 0 Å². The summed E-state index contributed by atoms with van der Waals surface area (Å²) in [5.74, 6) is 1.87. The van der Waals surface area contributed by atoms with Crippen LogP contribution in [-0.4, -0.2) is 54.2 Å². The zero-order chi connectivity index (χ0) is 18.8. The second kappa shape index (κ2) is 7.28. The average molecular weight is 384 g/mol. The van der Waals surface area contributed by atoms with E-state index in [4.69, 9.17) is 10.5 Å². The van der Waals surface area contributed by atoms with E-state index in [0.29, 0.717) is 26.2 Å². The highest BCUT2D eigenvalue weighted by molar-refractivity contribution is 7.16. The third-order valence-corrected chi connectivity index (χ3v) is 5.34. The second-order valence-corrected chi connectivity index (χ2v) is 7.07. The molecule has 1 aliphatic rings. The van der Waals surface area contributed by atoms with Crippen LogP contribution in [0.1, 0.15) is 0 Å². The summed E-state index contributed by atoms with van der Waals surface area (Å²) >= 11 is 1.55. The van der Waals surface area contributed by atoms with E-state index in [1.54, 1.807) is 23.3 Å². The van der Waals surface area contributed by atoms with Gasteiger partial charge in [-0.3, -0.25) is 0 Å². The molecular weight excluding hydrogens is 364 g/mol. The summed E-state index contributed by atoms with van der Waals surface area (Å²) in [5.41, 5.74) is 6.59. The van der Waals surface area contributed by atoms with Crippen molar-refractivity contribution < 1.29 is 9.53 Å². The topological polar surface area (TPSA) is 96.6 Å². The lowest BCUT2D eigenvalue weighted by atomic mass is 10.2. The van der Waals surface area contributed by atoms with Crippen LogP contribution >= 0.6 is 11.3 Å². The fourth-order valence-electron chi connectivity index (χ4n) is 3.10. The zero-order valence-electron chi connectivity index (χ0n) is 14.9. The Morgan fingerprint density at radius 3 is 2.59 bits per heavy atom. The van der Waals surface area contributed by atoms with E-state index in [-0.39, 0.29) is 12.0 Å². The lowest BCUT2D eigenvalue weighted by molar-refractivity contribution is 0.208. The number of anilines is 3. The van der Waals surface area contributed by atoms with Gasteiger partial charge < -0.3 is 25.6 Å². The first-order valence-corrected chi connectivity index (χ1v) is 9.47. The molecule has 8 nitrogen and oxygen atoms in total. The molecular formula is C18H20N6O2S. The molecule has 1 saturated heterocycles. The monoisotopic (exact) mass is 384 g/mol. The summed E-state index contributed by atoms with van der Waals surface area (Å²) in [6.45, 7) is 2.60. The number of methoxy groups -OCH3 is 1. The largest absolute Gasteiger partial charge is 0.497 e. The number of carbonyl (C=O) groups excluding carboxylic acids is 1. The quantitative estimate of drug-likeness (QED) is 0.721. The number of ether oxygens (including phenoxy) is 1. The molecule has 1 aromatic carbocycles. The Kier molecular flexibility index (Phi) is 4.68. The van der Waals surface area contributed by atoms with Crippen LogP contribution in [0.5, 0.6) is 5.75 Å². The molecule has 4 rings (SSSR count). The molecule has 1 aliphatic heterocycles. The van der Waals surface area contributed by atoms with Crippen LogP contribution in [0.3, 0.4) is 0 Å². The molecule has 3 heterocycles. The van der Waals surface area contributed by atoms with Crippen molar-refractivity contribution >= 4 is 45.0 Å². The molecule has 27 heavy (non-hydrogen) atoms. The van der Waals surface area contributed by atoms with Gasteiger partial charge in [0.05, 0.1) is 12.5 Å². The summed E-state index contributed by atoms with van der Waals surface area (Å²) in [7, 11) is 1.61. The molecule has 3 aromatic rings. The van der Waals surface area contributed by atoms with Gasteiger partial charge in [-0.05, 0) is 35.7 Å². The normalized spacial score (nSPS) is 14.4.